The van der Waals surface area contributed by atoms with Gasteiger partial charge in [-0.05, 0) is 12.8 Å². The summed E-state index contributed by atoms with van der Waals surface area (Å²) >= 11 is 0. The Bertz CT molecular complexity index is 363. The number of rotatable bonds is 4. The third-order valence-corrected chi connectivity index (χ3v) is 2.99. The summed E-state index contributed by atoms with van der Waals surface area (Å²) < 4.78 is 0. The Morgan fingerprint density at radius 2 is 1.80 bits per heavy atom. The molecule has 0 saturated heterocycles. The van der Waals surface area contributed by atoms with E-state index < -0.39 is 0 Å². The fourth-order valence-corrected chi connectivity index (χ4v) is 1.76. The van der Waals surface area contributed by atoms with E-state index in [4.69, 9.17) is 0 Å². The highest BCUT2D eigenvalue weighted by molar-refractivity contribution is 6.08. The third-order valence-electron chi connectivity index (χ3n) is 2.99. The normalized spacial score (nSPS) is 15.7. The highest BCUT2D eigenvalue weighted by Crippen LogP contribution is 2.28. The van der Waals surface area contributed by atoms with Crippen LogP contribution >= 0.6 is 0 Å². The minimum Gasteiger partial charge on any atom is -0.299 e. The zero-order valence-corrected chi connectivity index (χ0v) is 8.61. The van der Waals surface area contributed by atoms with Crippen molar-refractivity contribution in [2.24, 2.45) is 5.92 Å². The van der Waals surface area contributed by atoms with Gasteiger partial charge < -0.3 is 0 Å². The molecule has 0 radical (unpaired) electrons. The molecule has 0 unspecified atom stereocenters. The molecule has 1 aromatic carbocycles. The highest BCUT2D eigenvalue weighted by atomic mass is 16.1. The predicted molar refractivity (Wildman–Crippen MR) is 57.7 cm³/mol. The Hall–Kier alpha value is -1.44. The van der Waals surface area contributed by atoms with E-state index in [0.717, 1.165) is 19.3 Å². The first-order valence-corrected chi connectivity index (χ1v) is 5.38. The van der Waals surface area contributed by atoms with Crippen LogP contribution < -0.4 is 0 Å². The Kier molecular flexibility index (Phi) is 2.95. The summed E-state index contributed by atoms with van der Waals surface area (Å²) in [6.45, 7) is 0. The zero-order valence-electron chi connectivity index (χ0n) is 8.61. The van der Waals surface area contributed by atoms with E-state index in [1.807, 2.05) is 18.2 Å². The summed E-state index contributed by atoms with van der Waals surface area (Å²) in [7, 11) is 0. The van der Waals surface area contributed by atoms with Crippen LogP contribution in [0.3, 0.4) is 0 Å². The fraction of sp³-hybridized carbons (Fsp3) is 0.385. The van der Waals surface area contributed by atoms with Crippen molar-refractivity contribution in [3.8, 4) is 0 Å². The van der Waals surface area contributed by atoms with Crippen molar-refractivity contribution >= 4 is 11.6 Å². The van der Waals surface area contributed by atoms with Gasteiger partial charge in [0.2, 0.25) is 0 Å². The van der Waals surface area contributed by atoms with Gasteiger partial charge in [0.05, 0.1) is 6.42 Å². The molecule has 0 N–H and O–H groups in total. The maximum absolute atomic E-state index is 11.7. The lowest BCUT2D eigenvalue weighted by Gasteiger charge is -2.23. The molecule has 1 aliphatic carbocycles. The molecule has 1 saturated carbocycles. The van der Waals surface area contributed by atoms with Crippen LogP contribution in [-0.4, -0.2) is 11.6 Å². The maximum Gasteiger partial charge on any atom is 0.170 e. The average Bonchev–Trinajstić information content (AvgIpc) is 2.16. The van der Waals surface area contributed by atoms with E-state index in [9.17, 15) is 9.59 Å². The van der Waals surface area contributed by atoms with Crippen LogP contribution in [0.2, 0.25) is 0 Å². The molecule has 2 heteroatoms. The van der Waals surface area contributed by atoms with Crippen molar-refractivity contribution in [2.75, 3.05) is 0 Å². The molecule has 0 spiro atoms. The van der Waals surface area contributed by atoms with Crippen LogP contribution in [0.25, 0.3) is 0 Å². The van der Waals surface area contributed by atoms with Crippen molar-refractivity contribution in [1.29, 1.82) is 0 Å². The summed E-state index contributed by atoms with van der Waals surface area (Å²) in [4.78, 5) is 23.3. The minimum atomic E-state index is -0.0486. The monoisotopic (exact) mass is 202 g/mol. The van der Waals surface area contributed by atoms with Gasteiger partial charge in [0.15, 0.2) is 5.78 Å². The Balaban J connectivity index is 1.95. The van der Waals surface area contributed by atoms with Crippen LogP contribution in [0.4, 0.5) is 0 Å². The van der Waals surface area contributed by atoms with Gasteiger partial charge in [0, 0.05) is 11.5 Å². The number of carbonyl (C=O) groups excluding carboxylic acids is 2. The second-order valence-corrected chi connectivity index (χ2v) is 4.06. The number of carbonyl (C=O) groups is 2. The lowest BCUT2D eigenvalue weighted by molar-refractivity contribution is -0.124. The van der Waals surface area contributed by atoms with Crippen molar-refractivity contribution in [2.45, 2.75) is 25.7 Å². The smallest absolute Gasteiger partial charge is 0.170 e. The van der Waals surface area contributed by atoms with Gasteiger partial charge >= 0.3 is 0 Å². The van der Waals surface area contributed by atoms with Crippen LogP contribution in [0.15, 0.2) is 30.3 Å². The largest absolute Gasteiger partial charge is 0.299 e. The summed E-state index contributed by atoms with van der Waals surface area (Å²) in [5.74, 6) is 0.236. The molecule has 0 heterocycles. The summed E-state index contributed by atoms with van der Waals surface area (Å²) in [5, 5.41) is 0. The molecule has 0 atom stereocenters. The van der Waals surface area contributed by atoms with E-state index >= 15 is 0 Å². The average molecular weight is 202 g/mol. The second-order valence-electron chi connectivity index (χ2n) is 4.06. The number of benzene rings is 1. The van der Waals surface area contributed by atoms with E-state index in [0.29, 0.717) is 5.56 Å². The molecular formula is C13H14O2. The van der Waals surface area contributed by atoms with Gasteiger partial charge in [-0.1, -0.05) is 36.8 Å². The first-order valence-electron chi connectivity index (χ1n) is 5.38. The maximum atomic E-state index is 11.7. The van der Waals surface area contributed by atoms with Crippen molar-refractivity contribution < 1.29 is 9.59 Å². The molecule has 0 aromatic heterocycles. The van der Waals surface area contributed by atoms with E-state index in [2.05, 4.69) is 0 Å². The zero-order chi connectivity index (χ0) is 10.7. The lowest BCUT2D eigenvalue weighted by Crippen LogP contribution is -2.24. The quantitative estimate of drug-likeness (QED) is 0.555. The van der Waals surface area contributed by atoms with Gasteiger partial charge in [-0.3, -0.25) is 9.59 Å². The van der Waals surface area contributed by atoms with Crippen LogP contribution in [-0.2, 0) is 4.79 Å². The number of ketones is 2. The lowest BCUT2D eigenvalue weighted by atomic mass is 9.80. The van der Waals surface area contributed by atoms with Crippen molar-refractivity contribution in [1.82, 2.24) is 0 Å². The predicted octanol–water partition coefficient (Wildman–Crippen LogP) is 2.63. The van der Waals surface area contributed by atoms with E-state index in [1.54, 1.807) is 12.1 Å². The van der Waals surface area contributed by atoms with Gasteiger partial charge in [0.25, 0.3) is 0 Å². The SMILES string of the molecule is O=C(CC(=O)C1CCC1)c1ccccc1. The first kappa shape index (κ1) is 10.1. The molecule has 78 valence electrons. The molecule has 0 amide bonds. The minimum absolute atomic E-state index is 0.0486. The molecule has 15 heavy (non-hydrogen) atoms. The highest BCUT2D eigenvalue weighted by Gasteiger charge is 2.26. The molecule has 1 aliphatic rings. The molecule has 0 aliphatic heterocycles. The molecular weight excluding hydrogens is 188 g/mol. The number of Topliss-reactive ketones (excluding diaryl/α,β-unsaturated/α-hetero) is 2. The third kappa shape index (κ3) is 2.32. The molecule has 1 fully saturated rings. The fourth-order valence-electron chi connectivity index (χ4n) is 1.76. The summed E-state index contributed by atoms with van der Waals surface area (Å²) in [5.41, 5.74) is 0.644. The summed E-state index contributed by atoms with van der Waals surface area (Å²) in [6, 6.07) is 9.03. The van der Waals surface area contributed by atoms with Crippen LogP contribution in [0, 0.1) is 5.92 Å². The molecule has 0 bridgehead atoms. The Morgan fingerprint density at radius 3 is 2.33 bits per heavy atom. The van der Waals surface area contributed by atoms with Crippen LogP contribution in [0.1, 0.15) is 36.0 Å². The number of hydrogen-bond acceptors (Lipinski definition) is 2. The van der Waals surface area contributed by atoms with E-state index in [1.165, 1.54) is 0 Å². The van der Waals surface area contributed by atoms with Crippen molar-refractivity contribution in [3.05, 3.63) is 35.9 Å². The molecule has 2 rings (SSSR count). The van der Waals surface area contributed by atoms with Gasteiger partial charge in [-0.15, -0.1) is 0 Å². The van der Waals surface area contributed by atoms with Gasteiger partial charge in [-0.2, -0.15) is 0 Å². The Morgan fingerprint density at radius 1 is 1.13 bits per heavy atom. The number of hydrogen-bond donors (Lipinski definition) is 0. The Labute approximate surface area is 89.3 Å². The van der Waals surface area contributed by atoms with Gasteiger partial charge in [-0.25, -0.2) is 0 Å². The molecule has 1 aromatic rings. The van der Waals surface area contributed by atoms with Crippen LogP contribution in [0.5, 0.6) is 0 Å². The van der Waals surface area contributed by atoms with E-state index in [-0.39, 0.29) is 23.9 Å². The molecule has 2 nitrogen and oxygen atoms in total. The van der Waals surface area contributed by atoms with Gasteiger partial charge in [0.1, 0.15) is 5.78 Å². The summed E-state index contributed by atoms with van der Waals surface area (Å²) in [6.07, 6.45) is 3.16. The first-order chi connectivity index (χ1) is 7.27. The van der Waals surface area contributed by atoms with Crippen molar-refractivity contribution in [3.63, 3.8) is 0 Å². The second kappa shape index (κ2) is 4.39. The standard InChI is InChI=1S/C13H14O2/c14-12(10-5-2-1-3-6-10)9-13(15)11-7-4-8-11/h1-3,5-6,11H,4,7-9H2. The topological polar surface area (TPSA) is 34.1 Å².